The van der Waals surface area contributed by atoms with Gasteiger partial charge in [-0.05, 0) is 266 Å². The van der Waals surface area contributed by atoms with Crippen LogP contribution >= 0.6 is 92.8 Å². The Hall–Kier alpha value is -0.466. The zero-order valence-corrected chi connectivity index (χ0v) is 51.4. The fourth-order valence-electron chi connectivity index (χ4n) is 7.42. The number of nitrogens with zero attached hydrogens (tertiary/aromatic N) is 1. The summed E-state index contributed by atoms with van der Waals surface area (Å²) in [5.74, 6) is -0.240. The van der Waals surface area contributed by atoms with E-state index in [2.05, 4.69) is 193 Å². The normalized spacial score (nSPS) is 9.62. The number of nitriles is 1. The zero-order valence-electron chi connectivity index (χ0n) is 40.2. The topological polar surface area (TPSA) is 70.3 Å². The number of benzene rings is 4. The maximum atomic E-state index is 11.6. The third-order valence-corrected chi connectivity index (χ3v) is 14.0. The van der Waals surface area contributed by atoms with Crippen molar-refractivity contribution in [3.63, 3.8) is 0 Å². The Morgan fingerprint density at radius 2 is 0.698 bits per heavy atom. The van der Waals surface area contributed by atoms with E-state index in [1.165, 1.54) is 118 Å². The first-order valence-corrected chi connectivity index (χ1v) is 34.4. The quantitative estimate of drug-likeness (QED) is 0.126. The van der Waals surface area contributed by atoms with Crippen molar-refractivity contribution in [3.8, 4) is 6.07 Å². The summed E-state index contributed by atoms with van der Waals surface area (Å²) < 4.78 is 4.81. The minimum absolute atomic E-state index is 0. The van der Waals surface area contributed by atoms with Gasteiger partial charge in [-0.3, -0.25) is 0 Å². The number of esters is 1. The van der Waals surface area contributed by atoms with Gasteiger partial charge >= 0.3 is 70.8 Å². The number of ether oxygens (including phenoxy) is 1. The number of carbonyl (C=O) groups excluding carboxylic acids is 1. The van der Waals surface area contributed by atoms with Gasteiger partial charge in [-0.15, -0.1) is 17.0 Å². The summed E-state index contributed by atoms with van der Waals surface area (Å²) in [5.41, 5.74) is 30.4. The molecule has 0 saturated heterocycles. The summed E-state index contributed by atoms with van der Waals surface area (Å²) in [6.07, 6.45) is 0.527. The van der Waals surface area contributed by atoms with Crippen molar-refractivity contribution < 1.29 is 19.6 Å². The Bertz CT molecular complexity index is 2000. The summed E-state index contributed by atoms with van der Waals surface area (Å²) in [7, 11) is 1.42. The molecule has 1 N–H and O–H groups in total. The fourth-order valence-corrected chi connectivity index (χ4v) is 8.26. The molecule has 0 spiro atoms. The van der Waals surface area contributed by atoms with Gasteiger partial charge in [0.25, 0.3) is 0 Å². The van der Waals surface area contributed by atoms with Crippen molar-refractivity contribution in [1.29, 1.82) is 5.26 Å². The van der Waals surface area contributed by atoms with Crippen LogP contribution in [0.4, 0.5) is 0 Å². The Labute approximate surface area is 444 Å². The molecule has 0 saturated carbocycles. The van der Waals surface area contributed by atoms with Crippen LogP contribution in [0.5, 0.6) is 0 Å². The minimum atomic E-state index is -0.278. The van der Waals surface area contributed by atoms with Crippen molar-refractivity contribution in [2.24, 2.45) is 0 Å². The van der Waals surface area contributed by atoms with Crippen molar-refractivity contribution in [1.82, 2.24) is 0 Å². The average molecular weight is 1370 g/mol. The Morgan fingerprint density at radius 3 is 0.905 bits per heavy atom. The van der Waals surface area contributed by atoms with E-state index < -0.39 is 0 Å². The predicted molar refractivity (Wildman–Crippen MR) is 312 cm³/mol. The number of methoxy groups -OCH3 is 1. The number of alkyl halides is 1. The first-order valence-electron chi connectivity index (χ1n) is 19.8. The Balaban J connectivity index is -0.000000226. The van der Waals surface area contributed by atoms with Crippen LogP contribution in [0, 0.1) is 150 Å². The van der Waals surface area contributed by atoms with Crippen LogP contribution < -0.4 is 0 Å². The van der Waals surface area contributed by atoms with Crippen molar-refractivity contribution in [2.45, 2.75) is 179 Å². The molecule has 0 aliphatic heterocycles. The molecular formula is C53H83Br2I3NO3V. The Kier molecular flexibility index (Phi) is 37.6. The van der Waals surface area contributed by atoms with Crippen LogP contribution in [0.1, 0.15) is 161 Å². The summed E-state index contributed by atoms with van der Waals surface area (Å²) in [4.78, 5) is 11.4. The molecule has 0 bridgehead atoms. The molecule has 0 aliphatic rings. The van der Waals surface area contributed by atoms with Gasteiger partial charge in [0.05, 0.1) is 31.8 Å². The molecule has 4 aromatic carbocycles. The Morgan fingerprint density at radius 1 is 0.492 bits per heavy atom. The van der Waals surface area contributed by atoms with Gasteiger partial charge in [0.2, 0.25) is 0 Å². The molecule has 0 aromatic heterocycles. The summed E-state index contributed by atoms with van der Waals surface area (Å²) in [6.45, 7) is 42.5. The number of rotatable bonds is 4. The van der Waals surface area contributed by atoms with E-state index in [9.17, 15) is 9.90 Å². The van der Waals surface area contributed by atoms with Crippen LogP contribution in [-0.2, 0) is 28.0 Å². The summed E-state index contributed by atoms with van der Waals surface area (Å²) in [6, 6.07) is 2.24. The number of aliphatic hydroxyl groups excluding tert-OH is 1. The number of halogens is 5. The van der Waals surface area contributed by atoms with E-state index in [1.807, 2.05) is 27.7 Å². The molecule has 4 nitrogen and oxygen atoms in total. The predicted octanol–water partition coefficient (Wildman–Crippen LogP) is 18.3. The molecule has 358 valence electrons. The second kappa shape index (κ2) is 33.1. The third-order valence-electron chi connectivity index (χ3n) is 13.4. The fraction of sp³-hybridized carbons (Fsp3) is 0.509. The second-order valence-corrected chi connectivity index (χ2v) is 51.6. The maximum absolute atomic E-state index is 11.6. The van der Waals surface area contributed by atoms with Crippen LogP contribution in [0.3, 0.4) is 0 Å². The monoisotopic (exact) mass is 1370 g/mol. The molecule has 0 fully saturated rings. The average Bonchev–Trinajstić information content (AvgIpc) is 3.20. The zero-order chi connectivity index (χ0) is 46.5. The van der Waals surface area contributed by atoms with Crippen LogP contribution in [0.2, 0.25) is 0 Å². The first-order chi connectivity index (χ1) is 27.2. The second-order valence-electron chi connectivity index (χ2n) is 15.6. The molecule has 4 aromatic rings. The number of carbonyl (C=O) groups is 1. The SMILES string of the molecule is Br.C.C.C.COC(=O)c1c(C)c(C)c(C)c(C)c1C.Cc1c(C)c(C)c(CBr)c(C)c1C.Cc1c(C)c(C)c(CC#N)c(C)c1C.Cc1c(C)c(C)c(CO)c(C)c1C.[I][V]([I])[I]. The van der Waals surface area contributed by atoms with Crippen molar-refractivity contribution in [3.05, 3.63) is 134 Å². The van der Waals surface area contributed by atoms with Gasteiger partial charge in [-0.2, -0.15) is 5.26 Å². The molecule has 0 atom stereocenters. The van der Waals surface area contributed by atoms with Gasteiger partial charge in [-0.25, -0.2) is 4.79 Å². The van der Waals surface area contributed by atoms with E-state index in [-0.39, 0.29) is 56.8 Å². The van der Waals surface area contributed by atoms with Gasteiger partial charge in [0, 0.05) is 5.33 Å². The number of aliphatic hydroxyl groups is 1. The summed E-state index contributed by atoms with van der Waals surface area (Å²) >= 11 is 10.9. The molecule has 0 unspecified atom stereocenters. The van der Waals surface area contributed by atoms with Gasteiger partial charge < -0.3 is 9.84 Å². The van der Waals surface area contributed by atoms with E-state index in [0.29, 0.717) is 6.42 Å². The third kappa shape index (κ3) is 18.5. The van der Waals surface area contributed by atoms with Gasteiger partial charge in [0.15, 0.2) is 0 Å². The van der Waals surface area contributed by atoms with E-state index in [0.717, 1.165) is 27.6 Å². The molecular weight excluding hydrogens is 1290 g/mol. The summed E-state index contributed by atoms with van der Waals surface area (Å²) in [5, 5.41) is 19.0. The van der Waals surface area contributed by atoms with Crippen LogP contribution in [-0.4, -0.2) is 18.2 Å². The standard InChI is InChI=1S/C13H17N.C13H18O2.C12H17Br.C12H18O.3CH4.BrH.3HI.V/c1-8-9(2)11(4)13(6-7-14)12(5)10(8)3;1-7-8(2)10(4)12(13(14)15-6)11(5)9(7)3;2*1-7-8(2)10(4)12(6-13)11(5)9(7)3;;;;;;;;/h6H2,1-5H3;1-6H3;6H2,1-5H3;13H,6H2,1-5H3;3*1H4;4*1H;/q;;;;;;;;;;;+3/p-3. The van der Waals surface area contributed by atoms with Crippen molar-refractivity contribution >= 4 is 98.8 Å². The molecule has 10 heteroatoms. The van der Waals surface area contributed by atoms with E-state index >= 15 is 0 Å². The molecule has 0 aliphatic carbocycles. The van der Waals surface area contributed by atoms with E-state index in [4.69, 9.17) is 10.00 Å². The molecule has 0 heterocycles. The van der Waals surface area contributed by atoms with Crippen LogP contribution in [0.25, 0.3) is 0 Å². The molecule has 4 rings (SSSR count). The van der Waals surface area contributed by atoms with E-state index in [1.54, 1.807) is 0 Å². The van der Waals surface area contributed by atoms with Crippen molar-refractivity contribution in [2.75, 3.05) is 7.11 Å². The molecule has 0 amide bonds. The number of hydrogen-bond acceptors (Lipinski definition) is 4. The number of hydrogen-bond donors (Lipinski definition) is 1. The van der Waals surface area contributed by atoms with Gasteiger partial charge in [-0.1, -0.05) is 38.2 Å². The van der Waals surface area contributed by atoms with Crippen LogP contribution in [0.15, 0.2) is 0 Å². The van der Waals surface area contributed by atoms with Gasteiger partial charge in [0.1, 0.15) is 0 Å². The molecule has 0 radical (unpaired) electrons. The molecule has 63 heavy (non-hydrogen) atoms. The first kappa shape index (κ1) is 71.5.